The predicted octanol–water partition coefficient (Wildman–Crippen LogP) is 3.15. The number of nitrogens with zero attached hydrogens (tertiary/aromatic N) is 2. The van der Waals surface area contributed by atoms with Gasteiger partial charge < -0.3 is 11.1 Å². The maximum atomic E-state index is 6.09. The molecule has 0 spiro atoms. The lowest BCUT2D eigenvalue weighted by Crippen LogP contribution is -2.10. The SMILES string of the molecule is CCNc1cccc(-n2nc(C3CCC3)cc2N)c1. The fourth-order valence-corrected chi connectivity index (χ4v) is 2.48. The van der Waals surface area contributed by atoms with Crippen LogP contribution >= 0.6 is 0 Å². The summed E-state index contributed by atoms with van der Waals surface area (Å²) in [6.45, 7) is 3.00. The Hall–Kier alpha value is -1.97. The van der Waals surface area contributed by atoms with Crippen LogP contribution in [0.2, 0.25) is 0 Å². The first-order valence-corrected chi connectivity index (χ1v) is 6.97. The molecule has 1 saturated carbocycles. The molecule has 3 rings (SSSR count). The van der Waals surface area contributed by atoms with Crippen molar-refractivity contribution in [1.82, 2.24) is 9.78 Å². The first kappa shape index (κ1) is 12.1. The van der Waals surface area contributed by atoms with E-state index in [-0.39, 0.29) is 0 Å². The van der Waals surface area contributed by atoms with Crippen LogP contribution in [0.15, 0.2) is 30.3 Å². The molecule has 1 aliphatic carbocycles. The summed E-state index contributed by atoms with van der Waals surface area (Å²) in [5.41, 5.74) is 9.34. The van der Waals surface area contributed by atoms with Crippen LogP contribution in [0.5, 0.6) is 0 Å². The van der Waals surface area contributed by atoms with E-state index in [9.17, 15) is 0 Å². The molecular formula is C15H20N4. The summed E-state index contributed by atoms with van der Waals surface area (Å²) in [6.07, 6.45) is 3.80. The number of nitrogens with two attached hydrogens (primary N) is 1. The Balaban J connectivity index is 1.92. The molecule has 0 unspecified atom stereocenters. The minimum Gasteiger partial charge on any atom is -0.385 e. The lowest BCUT2D eigenvalue weighted by molar-refractivity contribution is 0.409. The highest BCUT2D eigenvalue weighted by molar-refractivity contribution is 5.53. The fourth-order valence-electron chi connectivity index (χ4n) is 2.48. The van der Waals surface area contributed by atoms with Gasteiger partial charge in [-0.1, -0.05) is 12.5 Å². The second kappa shape index (κ2) is 4.96. The van der Waals surface area contributed by atoms with Gasteiger partial charge in [-0.3, -0.25) is 0 Å². The zero-order valence-electron chi connectivity index (χ0n) is 11.3. The molecule has 0 amide bonds. The summed E-state index contributed by atoms with van der Waals surface area (Å²) in [5.74, 6) is 1.33. The number of hydrogen-bond acceptors (Lipinski definition) is 3. The first-order chi connectivity index (χ1) is 9.28. The number of anilines is 2. The van der Waals surface area contributed by atoms with E-state index in [4.69, 9.17) is 5.73 Å². The number of nitrogens with one attached hydrogen (secondary N) is 1. The molecular weight excluding hydrogens is 236 g/mol. The zero-order valence-corrected chi connectivity index (χ0v) is 11.3. The Labute approximate surface area is 113 Å². The van der Waals surface area contributed by atoms with Gasteiger partial charge in [0.05, 0.1) is 11.4 Å². The van der Waals surface area contributed by atoms with Gasteiger partial charge in [0.1, 0.15) is 5.82 Å². The standard InChI is InChI=1S/C15H20N4/c1-2-17-12-7-4-8-13(9-12)19-15(16)10-14(18-19)11-5-3-6-11/h4,7-11,17H,2-3,5-6,16H2,1H3. The van der Waals surface area contributed by atoms with Crippen molar-refractivity contribution >= 4 is 11.5 Å². The second-order valence-corrected chi connectivity index (χ2v) is 5.11. The van der Waals surface area contributed by atoms with Crippen LogP contribution in [0.4, 0.5) is 11.5 Å². The van der Waals surface area contributed by atoms with Crippen molar-refractivity contribution in [3.63, 3.8) is 0 Å². The largest absolute Gasteiger partial charge is 0.385 e. The first-order valence-electron chi connectivity index (χ1n) is 6.97. The van der Waals surface area contributed by atoms with E-state index < -0.39 is 0 Å². The van der Waals surface area contributed by atoms with Crippen molar-refractivity contribution in [2.24, 2.45) is 0 Å². The van der Waals surface area contributed by atoms with Crippen LogP contribution in [-0.4, -0.2) is 16.3 Å². The predicted molar refractivity (Wildman–Crippen MR) is 78.7 cm³/mol. The minimum absolute atomic E-state index is 0.612. The summed E-state index contributed by atoms with van der Waals surface area (Å²) in [6, 6.07) is 10.2. The number of benzene rings is 1. The average molecular weight is 256 g/mol. The lowest BCUT2D eigenvalue weighted by Gasteiger charge is -2.22. The summed E-state index contributed by atoms with van der Waals surface area (Å²) >= 11 is 0. The molecule has 2 aromatic rings. The third-order valence-corrected chi connectivity index (χ3v) is 3.75. The molecule has 100 valence electrons. The molecule has 19 heavy (non-hydrogen) atoms. The number of nitrogen functional groups attached to an aromatic ring is 1. The molecule has 1 heterocycles. The van der Waals surface area contributed by atoms with Gasteiger partial charge in [-0.2, -0.15) is 5.10 Å². The zero-order chi connectivity index (χ0) is 13.2. The van der Waals surface area contributed by atoms with E-state index in [0.29, 0.717) is 5.92 Å². The molecule has 4 heteroatoms. The molecule has 3 N–H and O–H groups in total. The van der Waals surface area contributed by atoms with Gasteiger partial charge in [-0.15, -0.1) is 0 Å². The summed E-state index contributed by atoms with van der Waals surface area (Å²) in [4.78, 5) is 0. The molecule has 4 nitrogen and oxygen atoms in total. The molecule has 0 aliphatic heterocycles. The smallest absolute Gasteiger partial charge is 0.127 e. The van der Waals surface area contributed by atoms with Crippen LogP contribution in [0.25, 0.3) is 5.69 Å². The molecule has 1 aromatic heterocycles. The highest BCUT2D eigenvalue weighted by Gasteiger charge is 2.23. The van der Waals surface area contributed by atoms with Crippen LogP contribution in [0.1, 0.15) is 37.8 Å². The van der Waals surface area contributed by atoms with Gasteiger partial charge in [0.25, 0.3) is 0 Å². The molecule has 0 atom stereocenters. The van der Waals surface area contributed by atoms with Gasteiger partial charge in [0.2, 0.25) is 0 Å². The van der Waals surface area contributed by atoms with E-state index >= 15 is 0 Å². The van der Waals surface area contributed by atoms with E-state index in [0.717, 1.165) is 29.4 Å². The van der Waals surface area contributed by atoms with Crippen LogP contribution in [0.3, 0.4) is 0 Å². The van der Waals surface area contributed by atoms with Gasteiger partial charge in [-0.05, 0) is 38.0 Å². The third kappa shape index (κ3) is 2.30. The minimum atomic E-state index is 0.612. The maximum Gasteiger partial charge on any atom is 0.127 e. The highest BCUT2D eigenvalue weighted by Crippen LogP contribution is 2.36. The van der Waals surface area contributed by atoms with Gasteiger partial charge in [-0.25, -0.2) is 4.68 Å². The Morgan fingerprint density at radius 1 is 1.37 bits per heavy atom. The monoisotopic (exact) mass is 256 g/mol. The van der Waals surface area contributed by atoms with Gasteiger partial charge >= 0.3 is 0 Å². The van der Waals surface area contributed by atoms with Crippen molar-refractivity contribution in [3.05, 3.63) is 36.0 Å². The maximum absolute atomic E-state index is 6.09. The van der Waals surface area contributed by atoms with E-state index in [1.807, 2.05) is 22.9 Å². The molecule has 0 radical (unpaired) electrons. The van der Waals surface area contributed by atoms with E-state index in [2.05, 4.69) is 29.5 Å². The van der Waals surface area contributed by atoms with Crippen molar-refractivity contribution in [2.45, 2.75) is 32.1 Å². The van der Waals surface area contributed by atoms with Crippen LogP contribution in [0, 0.1) is 0 Å². The third-order valence-electron chi connectivity index (χ3n) is 3.75. The van der Waals surface area contributed by atoms with Crippen LogP contribution in [-0.2, 0) is 0 Å². The summed E-state index contributed by atoms with van der Waals surface area (Å²) < 4.78 is 1.84. The highest BCUT2D eigenvalue weighted by atomic mass is 15.3. The van der Waals surface area contributed by atoms with Gasteiger partial charge in [0, 0.05) is 24.2 Å². The molecule has 1 aromatic carbocycles. The lowest BCUT2D eigenvalue weighted by atomic mass is 9.83. The molecule has 0 saturated heterocycles. The Bertz CT molecular complexity index is 569. The van der Waals surface area contributed by atoms with Crippen molar-refractivity contribution < 1.29 is 0 Å². The Kier molecular flexibility index (Phi) is 3.15. The normalized spacial score (nSPS) is 15.2. The Morgan fingerprint density at radius 2 is 2.21 bits per heavy atom. The van der Waals surface area contributed by atoms with Crippen LogP contribution < -0.4 is 11.1 Å². The second-order valence-electron chi connectivity index (χ2n) is 5.11. The van der Waals surface area contributed by atoms with Crippen molar-refractivity contribution in [2.75, 3.05) is 17.6 Å². The average Bonchev–Trinajstić information content (AvgIpc) is 2.69. The number of rotatable bonds is 4. The van der Waals surface area contributed by atoms with Crippen molar-refractivity contribution in [1.29, 1.82) is 0 Å². The van der Waals surface area contributed by atoms with Gasteiger partial charge in [0.15, 0.2) is 0 Å². The molecule has 1 aliphatic rings. The quantitative estimate of drug-likeness (QED) is 0.883. The summed E-state index contributed by atoms with van der Waals surface area (Å²) in [5, 5.41) is 7.97. The topological polar surface area (TPSA) is 55.9 Å². The number of hydrogen-bond donors (Lipinski definition) is 2. The van der Waals surface area contributed by atoms with Crippen molar-refractivity contribution in [3.8, 4) is 5.69 Å². The fraction of sp³-hybridized carbons (Fsp3) is 0.400. The number of aromatic nitrogens is 2. The van der Waals surface area contributed by atoms with E-state index in [1.165, 1.54) is 19.3 Å². The van der Waals surface area contributed by atoms with E-state index in [1.54, 1.807) is 0 Å². The molecule has 0 bridgehead atoms. The Morgan fingerprint density at radius 3 is 2.89 bits per heavy atom. The molecule has 1 fully saturated rings. The summed E-state index contributed by atoms with van der Waals surface area (Å²) in [7, 11) is 0.